The van der Waals surface area contributed by atoms with Crippen LogP contribution in [0.5, 0.6) is 0 Å². The van der Waals surface area contributed by atoms with Crippen LogP contribution in [0.3, 0.4) is 0 Å². The van der Waals surface area contributed by atoms with E-state index in [1.807, 2.05) is 37.4 Å². The van der Waals surface area contributed by atoms with Gasteiger partial charge in [0.2, 0.25) is 0 Å². The van der Waals surface area contributed by atoms with Crippen LogP contribution in [0.2, 0.25) is 0 Å². The van der Waals surface area contributed by atoms with Gasteiger partial charge in [0.25, 0.3) is 5.16 Å². The van der Waals surface area contributed by atoms with Crippen LogP contribution in [0.4, 0.5) is 10.8 Å². The molecule has 9 nitrogen and oxygen atoms in total. The van der Waals surface area contributed by atoms with E-state index in [9.17, 15) is 9.00 Å². The number of benzene rings is 1. The predicted octanol–water partition coefficient (Wildman–Crippen LogP) is 0.661. The summed E-state index contributed by atoms with van der Waals surface area (Å²) in [4.78, 5) is 19.9. The molecule has 2 N–H and O–H groups in total. The summed E-state index contributed by atoms with van der Waals surface area (Å²) in [6.45, 7) is 2.97. The number of hydrazine groups is 1. The highest BCUT2D eigenvalue weighted by Gasteiger charge is 2.19. The molecule has 1 fully saturated rings. The number of likely N-dealkylation sites (N-methyl/N-ethyl adjacent to an activating group) is 1. The number of nitrogens with zero attached hydrogens (tertiary/aromatic N) is 4. The lowest BCUT2D eigenvalue weighted by Gasteiger charge is -2.32. The molecule has 1 aromatic heterocycles. The highest BCUT2D eigenvalue weighted by molar-refractivity contribution is 7.84. The van der Waals surface area contributed by atoms with E-state index in [1.165, 1.54) is 0 Å². The largest absolute Gasteiger partial charge is 0.341 e. The minimum atomic E-state index is -1.42. The Morgan fingerprint density at radius 1 is 1.24 bits per heavy atom. The SMILES string of the molecule is CN1CCN(C(=O)NNc2nc(S(=O)Cc3ccccc3)no2)CC1. The molecule has 1 aromatic carbocycles. The van der Waals surface area contributed by atoms with Crippen LogP contribution in [-0.4, -0.2) is 63.4 Å². The van der Waals surface area contributed by atoms with Gasteiger partial charge in [-0.05, 0) is 17.8 Å². The van der Waals surface area contributed by atoms with Crippen LogP contribution in [0.25, 0.3) is 0 Å². The molecule has 10 heteroatoms. The smallest absolute Gasteiger partial charge is 0.321 e. The van der Waals surface area contributed by atoms with Crippen molar-refractivity contribution in [1.29, 1.82) is 0 Å². The van der Waals surface area contributed by atoms with Crippen molar-refractivity contribution in [3.05, 3.63) is 35.9 Å². The van der Waals surface area contributed by atoms with Crippen molar-refractivity contribution < 1.29 is 13.5 Å². The lowest BCUT2D eigenvalue weighted by atomic mass is 10.2. The number of anilines is 1. The lowest BCUT2D eigenvalue weighted by Crippen LogP contribution is -2.51. The number of carbonyl (C=O) groups excluding carboxylic acids is 1. The average molecular weight is 364 g/mol. The highest BCUT2D eigenvalue weighted by atomic mass is 32.2. The molecule has 1 aliphatic rings. The molecule has 1 atom stereocenters. The van der Waals surface area contributed by atoms with E-state index < -0.39 is 10.8 Å². The summed E-state index contributed by atoms with van der Waals surface area (Å²) in [6, 6.07) is 9.15. The van der Waals surface area contributed by atoms with E-state index in [1.54, 1.807) is 4.90 Å². The van der Waals surface area contributed by atoms with Gasteiger partial charge in [-0.2, -0.15) is 4.98 Å². The first-order valence-electron chi connectivity index (χ1n) is 7.87. The van der Waals surface area contributed by atoms with Crippen molar-refractivity contribution >= 4 is 22.8 Å². The first kappa shape index (κ1) is 17.4. The van der Waals surface area contributed by atoms with E-state index in [4.69, 9.17) is 4.52 Å². The van der Waals surface area contributed by atoms with E-state index in [0.717, 1.165) is 18.7 Å². The van der Waals surface area contributed by atoms with Gasteiger partial charge >= 0.3 is 12.0 Å². The fourth-order valence-corrected chi connectivity index (χ4v) is 3.27. The molecule has 0 spiro atoms. The van der Waals surface area contributed by atoms with Crippen molar-refractivity contribution in [2.45, 2.75) is 10.9 Å². The monoisotopic (exact) mass is 364 g/mol. The second-order valence-corrected chi connectivity index (χ2v) is 7.05. The molecule has 25 heavy (non-hydrogen) atoms. The zero-order chi connectivity index (χ0) is 17.6. The van der Waals surface area contributed by atoms with Crippen molar-refractivity contribution in [3.63, 3.8) is 0 Å². The van der Waals surface area contributed by atoms with Gasteiger partial charge in [0.05, 0.1) is 16.6 Å². The molecule has 0 radical (unpaired) electrons. The fraction of sp³-hybridized carbons (Fsp3) is 0.400. The summed E-state index contributed by atoms with van der Waals surface area (Å²) < 4.78 is 17.2. The average Bonchev–Trinajstić information content (AvgIpc) is 3.10. The number of carbonyl (C=O) groups is 1. The van der Waals surface area contributed by atoms with Gasteiger partial charge in [-0.1, -0.05) is 30.3 Å². The van der Waals surface area contributed by atoms with E-state index in [2.05, 4.69) is 25.9 Å². The van der Waals surface area contributed by atoms with E-state index >= 15 is 0 Å². The van der Waals surface area contributed by atoms with E-state index in [0.29, 0.717) is 18.8 Å². The van der Waals surface area contributed by atoms with Crippen LogP contribution < -0.4 is 10.9 Å². The van der Waals surface area contributed by atoms with Gasteiger partial charge in [0.1, 0.15) is 0 Å². The van der Waals surface area contributed by atoms with Crippen LogP contribution in [0, 0.1) is 0 Å². The van der Waals surface area contributed by atoms with Crippen molar-refractivity contribution in [2.24, 2.45) is 0 Å². The van der Waals surface area contributed by atoms with Gasteiger partial charge in [0.15, 0.2) is 0 Å². The zero-order valence-corrected chi connectivity index (χ0v) is 14.7. The molecule has 0 aliphatic carbocycles. The maximum Gasteiger partial charge on any atom is 0.341 e. The van der Waals surface area contributed by atoms with Crippen LogP contribution in [0.15, 0.2) is 40.0 Å². The number of amides is 2. The number of hydrogen-bond donors (Lipinski definition) is 2. The van der Waals surface area contributed by atoms with Gasteiger partial charge in [-0.3, -0.25) is 4.21 Å². The zero-order valence-electron chi connectivity index (χ0n) is 13.8. The highest BCUT2D eigenvalue weighted by Crippen LogP contribution is 2.11. The molecule has 3 rings (SSSR count). The molecular formula is C15H20N6O3S. The topological polar surface area (TPSA) is 104 Å². The summed E-state index contributed by atoms with van der Waals surface area (Å²) in [5, 5.41) is 3.78. The van der Waals surface area contributed by atoms with Crippen LogP contribution in [0.1, 0.15) is 5.56 Å². The summed E-state index contributed by atoms with van der Waals surface area (Å²) in [7, 11) is 0.596. The summed E-state index contributed by atoms with van der Waals surface area (Å²) in [5.74, 6) is 0.299. The molecule has 1 unspecified atom stereocenters. The Kier molecular flexibility index (Phi) is 5.61. The third-order valence-electron chi connectivity index (χ3n) is 3.82. The number of aromatic nitrogens is 2. The molecule has 1 saturated heterocycles. The second-order valence-electron chi connectivity index (χ2n) is 5.70. The van der Waals surface area contributed by atoms with Crippen molar-refractivity contribution in [2.75, 3.05) is 38.7 Å². The predicted molar refractivity (Wildman–Crippen MR) is 92.1 cm³/mol. The minimum absolute atomic E-state index is 0.00103. The molecule has 2 aromatic rings. The van der Waals surface area contributed by atoms with Crippen LogP contribution >= 0.6 is 0 Å². The maximum absolute atomic E-state index is 12.2. The first-order valence-corrected chi connectivity index (χ1v) is 9.19. The number of hydrogen-bond acceptors (Lipinski definition) is 7. The van der Waals surface area contributed by atoms with Crippen molar-refractivity contribution in [1.82, 2.24) is 25.4 Å². The number of nitrogens with one attached hydrogen (secondary N) is 2. The van der Waals surface area contributed by atoms with Gasteiger partial charge in [-0.25, -0.2) is 15.6 Å². The molecular weight excluding hydrogens is 344 g/mol. The first-order chi connectivity index (χ1) is 12.1. The Morgan fingerprint density at radius 3 is 2.68 bits per heavy atom. The van der Waals surface area contributed by atoms with Gasteiger partial charge in [-0.15, -0.1) is 0 Å². The van der Waals surface area contributed by atoms with Gasteiger partial charge < -0.3 is 14.3 Å². The summed E-state index contributed by atoms with van der Waals surface area (Å²) in [6.07, 6.45) is 0. The Morgan fingerprint density at radius 2 is 1.96 bits per heavy atom. The Balaban J connectivity index is 1.50. The summed E-state index contributed by atoms with van der Waals surface area (Å²) >= 11 is 0. The maximum atomic E-state index is 12.2. The lowest BCUT2D eigenvalue weighted by molar-refractivity contribution is 0.155. The Labute approximate surface area is 147 Å². The normalized spacial score (nSPS) is 16.4. The molecule has 0 bridgehead atoms. The van der Waals surface area contributed by atoms with E-state index in [-0.39, 0.29) is 17.2 Å². The fourth-order valence-electron chi connectivity index (χ4n) is 2.34. The number of urea groups is 1. The number of piperazine rings is 1. The number of rotatable bonds is 5. The third kappa shape index (κ3) is 4.77. The standard InChI is InChI=1S/C15H20N6O3S/c1-20-7-9-21(10-8-20)15(22)18-17-13-16-14(19-24-13)25(23)11-12-5-3-2-4-6-12/h2-6H,7-11H2,1H3,(H,18,22)(H,16,17,19). The second kappa shape index (κ2) is 8.08. The van der Waals surface area contributed by atoms with Gasteiger partial charge in [0, 0.05) is 26.2 Å². The third-order valence-corrected chi connectivity index (χ3v) is 4.99. The van der Waals surface area contributed by atoms with Crippen LogP contribution in [-0.2, 0) is 16.6 Å². The Bertz CT molecular complexity index is 730. The molecule has 134 valence electrons. The molecule has 2 amide bonds. The quantitative estimate of drug-likeness (QED) is 0.751. The molecule has 0 saturated carbocycles. The molecule has 2 heterocycles. The Hall–Kier alpha value is -2.46. The summed E-state index contributed by atoms with van der Waals surface area (Å²) in [5.41, 5.74) is 5.99. The van der Waals surface area contributed by atoms with Crippen molar-refractivity contribution in [3.8, 4) is 0 Å². The molecule has 1 aliphatic heterocycles. The minimum Gasteiger partial charge on any atom is -0.321 e.